The van der Waals surface area contributed by atoms with Gasteiger partial charge in [0.15, 0.2) is 0 Å². The highest BCUT2D eigenvalue weighted by Crippen LogP contribution is 2.39. The molecular formula is C13H17FN2O2. The van der Waals surface area contributed by atoms with Crippen LogP contribution in [0.5, 0.6) is 0 Å². The second-order valence-corrected chi connectivity index (χ2v) is 5.50. The van der Waals surface area contributed by atoms with Gasteiger partial charge in [0.2, 0.25) is 5.82 Å². The van der Waals surface area contributed by atoms with Crippen molar-refractivity contribution in [2.24, 2.45) is 5.41 Å². The van der Waals surface area contributed by atoms with Gasteiger partial charge in [-0.15, -0.1) is 0 Å². The molecule has 18 heavy (non-hydrogen) atoms. The van der Waals surface area contributed by atoms with Crippen LogP contribution in [0.3, 0.4) is 0 Å². The Labute approximate surface area is 105 Å². The summed E-state index contributed by atoms with van der Waals surface area (Å²) in [6, 6.07) is 4.26. The lowest BCUT2D eigenvalue weighted by molar-refractivity contribution is -0.387. The lowest BCUT2D eigenvalue weighted by Gasteiger charge is -2.28. The molecule has 1 unspecified atom stereocenters. The van der Waals surface area contributed by atoms with E-state index in [0.717, 1.165) is 19.3 Å². The molecule has 5 heteroatoms. The molecule has 1 saturated carbocycles. The zero-order valence-electron chi connectivity index (χ0n) is 10.6. The minimum Gasteiger partial charge on any atom is -0.382 e. The first-order chi connectivity index (χ1) is 8.40. The van der Waals surface area contributed by atoms with Gasteiger partial charge in [-0.2, -0.15) is 4.39 Å². The molecule has 0 aliphatic heterocycles. The van der Waals surface area contributed by atoms with Gasteiger partial charge in [-0.1, -0.05) is 20.3 Å². The van der Waals surface area contributed by atoms with Crippen LogP contribution in [0.25, 0.3) is 0 Å². The van der Waals surface area contributed by atoms with Crippen LogP contribution in [0.1, 0.15) is 33.1 Å². The number of rotatable bonds is 3. The minimum absolute atomic E-state index is 0.179. The van der Waals surface area contributed by atoms with Crippen LogP contribution in [0, 0.1) is 21.3 Å². The number of anilines is 1. The Morgan fingerprint density at radius 3 is 2.72 bits per heavy atom. The van der Waals surface area contributed by atoms with Crippen molar-refractivity contribution in [2.75, 3.05) is 5.32 Å². The SMILES string of the molecule is CC1(C)CCCC1Nc1ccc([N+](=O)[O-])c(F)c1. The van der Waals surface area contributed by atoms with Crippen molar-refractivity contribution in [3.05, 3.63) is 34.1 Å². The fourth-order valence-electron chi connectivity index (χ4n) is 2.54. The Morgan fingerprint density at radius 2 is 2.22 bits per heavy atom. The second-order valence-electron chi connectivity index (χ2n) is 5.50. The van der Waals surface area contributed by atoms with Crippen LogP contribution in [0.4, 0.5) is 15.8 Å². The molecule has 1 aromatic carbocycles. The predicted octanol–water partition coefficient (Wildman–Crippen LogP) is 3.72. The van der Waals surface area contributed by atoms with Crippen molar-refractivity contribution < 1.29 is 9.31 Å². The third-order valence-corrected chi connectivity index (χ3v) is 3.74. The van der Waals surface area contributed by atoms with Crippen LogP contribution in [0.2, 0.25) is 0 Å². The minimum atomic E-state index is -0.791. The van der Waals surface area contributed by atoms with E-state index in [-0.39, 0.29) is 5.41 Å². The summed E-state index contributed by atoms with van der Waals surface area (Å²) in [6.45, 7) is 4.36. The van der Waals surface area contributed by atoms with E-state index in [9.17, 15) is 14.5 Å². The monoisotopic (exact) mass is 252 g/mol. The van der Waals surface area contributed by atoms with E-state index >= 15 is 0 Å². The molecule has 4 nitrogen and oxygen atoms in total. The van der Waals surface area contributed by atoms with Crippen molar-refractivity contribution in [3.8, 4) is 0 Å². The van der Waals surface area contributed by atoms with Crippen molar-refractivity contribution in [1.82, 2.24) is 0 Å². The molecule has 98 valence electrons. The third-order valence-electron chi connectivity index (χ3n) is 3.74. The number of nitrogens with one attached hydrogen (secondary N) is 1. The van der Waals surface area contributed by atoms with E-state index in [1.165, 1.54) is 12.1 Å². The molecule has 1 aliphatic carbocycles. The maximum atomic E-state index is 13.5. The first-order valence-electron chi connectivity index (χ1n) is 6.10. The number of nitro groups is 1. The van der Waals surface area contributed by atoms with E-state index < -0.39 is 16.4 Å². The Morgan fingerprint density at radius 1 is 1.50 bits per heavy atom. The molecule has 0 saturated heterocycles. The van der Waals surface area contributed by atoms with Gasteiger partial charge in [-0.05, 0) is 24.3 Å². The quantitative estimate of drug-likeness (QED) is 0.658. The molecule has 1 N–H and O–H groups in total. The van der Waals surface area contributed by atoms with Gasteiger partial charge in [0, 0.05) is 23.9 Å². The zero-order chi connectivity index (χ0) is 13.3. The van der Waals surface area contributed by atoms with Crippen LogP contribution in [-0.4, -0.2) is 11.0 Å². The highest BCUT2D eigenvalue weighted by Gasteiger charge is 2.34. The number of nitrogens with zero attached hydrogens (tertiary/aromatic N) is 1. The molecule has 1 aromatic rings. The van der Waals surface area contributed by atoms with Gasteiger partial charge >= 0.3 is 5.69 Å². The molecular weight excluding hydrogens is 235 g/mol. The summed E-state index contributed by atoms with van der Waals surface area (Å²) >= 11 is 0. The van der Waals surface area contributed by atoms with Crippen molar-refractivity contribution in [2.45, 2.75) is 39.2 Å². The van der Waals surface area contributed by atoms with Crippen LogP contribution in [0.15, 0.2) is 18.2 Å². The van der Waals surface area contributed by atoms with Gasteiger partial charge < -0.3 is 5.32 Å². The van der Waals surface area contributed by atoms with Crippen LogP contribution in [-0.2, 0) is 0 Å². The van der Waals surface area contributed by atoms with E-state index in [4.69, 9.17) is 0 Å². The van der Waals surface area contributed by atoms with Gasteiger partial charge in [-0.25, -0.2) is 0 Å². The molecule has 2 rings (SSSR count). The fraction of sp³-hybridized carbons (Fsp3) is 0.538. The van der Waals surface area contributed by atoms with Crippen molar-refractivity contribution >= 4 is 11.4 Å². The Bertz CT molecular complexity index is 474. The summed E-state index contributed by atoms with van der Waals surface area (Å²) in [6.07, 6.45) is 3.34. The normalized spacial score (nSPS) is 21.8. The van der Waals surface area contributed by atoms with E-state index in [1.54, 1.807) is 6.07 Å². The highest BCUT2D eigenvalue weighted by atomic mass is 19.1. The Kier molecular flexibility index (Phi) is 3.24. The summed E-state index contributed by atoms with van der Waals surface area (Å²) in [7, 11) is 0. The number of benzene rings is 1. The standard InChI is InChI=1S/C13H17FN2O2/c1-13(2)7-3-4-12(13)15-9-5-6-11(16(17)18)10(14)8-9/h5-6,8,12,15H,3-4,7H2,1-2H3. The lowest BCUT2D eigenvalue weighted by atomic mass is 9.87. The van der Waals surface area contributed by atoms with E-state index in [0.29, 0.717) is 11.7 Å². The van der Waals surface area contributed by atoms with E-state index in [2.05, 4.69) is 19.2 Å². The fourth-order valence-corrected chi connectivity index (χ4v) is 2.54. The van der Waals surface area contributed by atoms with Crippen molar-refractivity contribution in [3.63, 3.8) is 0 Å². The summed E-state index contributed by atoms with van der Waals surface area (Å²) in [5, 5.41) is 13.8. The average molecular weight is 252 g/mol. The summed E-state index contributed by atoms with van der Waals surface area (Å²) < 4.78 is 13.5. The number of nitro benzene ring substituents is 1. The first-order valence-corrected chi connectivity index (χ1v) is 6.10. The maximum absolute atomic E-state index is 13.5. The predicted molar refractivity (Wildman–Crippen MR) is 68.1 cm³/mol. The van der Waals surface area contributed by atoms with Gasteiger partial charge in [0.05, 0.1) is 4.92 Å². The lowest BCUT2D eigenvalue weighted by Crippen LogP contribution is -2.30. The number of hydrogen-bond acceptors (Lipinski definition) is 3. The van der Waals surface area contributed by atoms with Crippen LogP contribution < -0.4 is 5.32 Å². The molecule has 0 amide bonds. The smallest absolute Gasteiger partial charge is 0.304 e. The average Bonchev–Trinajstić information content (AvgIpc) is 2.58. The Hall–Kier alpha value is -1.65. The topological polar surface area (TPSA) is 55.2 Å². The zero-order valence-corrected chi connectivity index (χ0v) is 10.6. The largest absolute Gasteiger partial charge is 0.382 e. The highest BCUT2D eigenvalue weighted by molar-refractivity contribution is 5.50. The van der Waals surface area contributed by atoms with Gasteiger partial charge in [-0.3, -0.25) is 10.1 Å². The summed E-state index contributed by atoms with van der Waals surface area (Å²) in [5.74, 6) is -0.791. The van der Waals surface area contributed by atoms with Gasteiger partial charge in [0.1, 0.15) is 0 Å². The molecule has 0 spiro atoms. The molecule has 1 atom stereocenters. The van der Waals surface area contributed by atoms with Crippen molar-refractivity contribution in [1.29, 1.82) is 0 Å². The summed E-state index contributed by atoms with van der Waals surface area (Å²) in [4.78, 5) is 9.82. The molecule has 0 aromatic heterocycles. The third kappa shape index (κ3) is 2.44. The first kappa shape index (κ1) is 12.8. The Balaban J connectivity index is 2.16. The van der Waals surface area contributed by atoms with E-state index in [1.807, 2.05) is 0 Å². The second kappa shape index (κ2) is 4.55. The van der Waals surface area contributed by atoms with Gasteiger partial charge in [0.25, 0.3) is 0 Å². The summed E-state index contributed by atoms with van der Waals surface area (Å²) in [5.41, 5.74) is 0.308. The molecule has 0 bridgehead atoms. The molecule has 0 radical (unpaired) electrons. The maximum Gasteiger partial charge on any atom is 0.304 e. The molecule has 1 fully saturated rings. The van der Waals surface area contributed by atoms with Crippen LogP contribution >= 0.6 is 0 Å². The molecule has 1 aliphatic rings. The number of hydrogen-bond donors (Lipinski definition) is 1. The molecule has 0 heterocycles. The number of halogens is 1.